The summed E-state index contributed by atoms with van der Waals surface area (Å²) in [6.45, 7) is 4.08. The van der Waals surface area contributed by atoms with E-state index in [9.17, 15) is 4.79 Å². The summed E-state index contributed by atoms with van der Waals surface area (Å²) < 4.78 is 5.88. The van der Waals surface area contributed by atoms with Gasteiger partial charge in [0.15, 0.2) is 5.75 Å². The molecule has 0 unspecified atom stereocenters. The average molecular weight is 347 g/mol. The van der Waals surface area contributed by atoms with Crippen molar-refractivity contribution in [1.82, 2.24) is 4.98 Å². The smallest absolute Gasteiger partial charge is 0.274 e. The molecule has 1 heterocycles. The van der Waals surface area contributed by atoms with Crippen molar-refractivity contribution >= 4 is 17.3 Å². The van der Waals surface area contributed by atoms with Crippen LogP contribution in [0.25, 0.3) is 0 Å². The Balaban J connectivity index is 1.78. The second kappa shape index (κ2) is 8.16. The molecule has 0 aliphatic carbocycles. The van der Waals surface area contributed by atoms with E-state index < -0.39 is 0 Å². The van der Waals surface area contributed by atoms with Gasteiger partial charge >= 0.3 is 0 Å². The van der Waals surface area contributed by atoms with E-state index in [-0.39, 0.29) is 11.9 Å². The summed E-state index contributed by atoms with van der Waals surface area (Å²) in [7, 11) is 0. The van der Waals surface area contributed by atoms with Gasteiger partial charge in [0.05, 0.1) is 5.69 Å². The largest absolute Gasteiger partial charge is 0.455 e. The molecule has 5 nitrogen and oxygen atoms in total. The Kier molecular flexibility index (Phi) is 5.49. The number of carbonyl (C=O) groups is 1. The molecule has 0 aliphatic rings. The van der Waals surface area contributed by atoms with Crippen LogP contribution in [0.4, 0.5) is 11.4 Å². The van der Waals surface area contributed by atoms with Crippen LogP contribution in [0.15, 0.2) is 72.9 Å². The van der Waals surface area contributed by atoms with Gasteiger partial charge in [-0.05, 0) is 50.2 Å². The van der Waals surface area contributed by atoms with Crippen LogP contribution in [0.5, 0.6) is 11.5 Å². The highest BCUT2D eigenvalue weighted by atomic mass is 16.5. The molecule has 0 aliphatic heterocycles. The standard InChI is InChI=1S/C21H21N3O2/c1-15(2)23-16-12-13-22-19(14-16)21(25)24-18-10-6-7-11-20(18)26-17-8-4-3-5-9-17/h3-15H,1-2H3,(H,22,23)(H,24,25). The summed E-state index contributed by atoms with van der Waals surface area (Å²) in [6, 6.07) is 20.6. The second-order valence-corrected chi connectivity index (χ2v) is 6.09. The van der Waals surface area contributed by atoms with Crippen molar-refractivity contribution in [2.24, 2.45) is 0 Å². The lowest BCUT2D eigenvalue weighted by molar-refractivity contribution is 0.102. The fourth-order valence-corrected chi connectivity index (χ4v) is 2.44. The van der Waals surface area contributed by atoms with Crippen LogP contribution in [-0.2, 0) is 0 Å². The van der Waals surface area contributed by atoms with Gasteiger partial charge < -0.3 is 15.4 Å². The first-order valence-electron chi connectivity index (χ1n) is 8.47. The fraction of sp³-hybridized carbons (Fsp3) is 0.143. The maximum atomic E-state index is 12.6. The molecule has 0 fully saturated rings. The van der Waals surface area contributed by atoms with Gasteiger partial charge in [0, 0.05) is 17.9 Å². The van der Waals surface area contributed by atoms with Crippen LogP contribution in [0.1, 0.15) is 24.3 Å². The SMILES string of the molecule is CC(C)Nc1ccnc(C(=O)Nc2ccccc2Oc2ccccc2)c1. The Bertz CT molecular complexity index is 879. The highest BCUT2D eigenvalue weighted by Crippen LogP contribution is 2.29. The summed E-state index contributed by atoms with van der Waals surface area (Å²) in [6.07, 6.45) is 1.62. The molecule has 3 aromatic rings. The number of para-hydroxylation sites is 3. The van der Waals surface area contributed by atoms with Crippen LogP contribution in [0.2, 0.25) is 0 Å². The van der Waals surface area contributed by atoms with Crippen molar-refractivity contribution in [3.63, 3.8) is 0 Å². The summed E-state index contributed by atoms with van der Waals surface area (Å²) >= 11 is 0. The van der Waals surface area contributed by atoms with Crippen LogP contribution in [0.3, 0.4) is 0 Å². The number of ether oxygens (including phenoxy) is 1. The average Bonchev–Trinajstić information content (AvgIpc) is 2.64. The van der Waals surface area contributed by atoms with Crippen LogP contribution in [-0.4, -0.2) is 16.9 Å². The van der Waals surface area contributed by atoms with Gasteiger partial charge in [0.1, 0.15) is 11.4 Å². The first-order chi connectivity index (χ1) is 12.6. The highest BCUT2D eigenvalue weighted by Gasteiger charge is 2.12. The molecule has 26 heavy (non-hydrogen) atoms. The quantitative estimate of drug-likeness (QED) is 0.662. The molecule has 0 saturated carbocycles. The first-order valence-corrected chi connectivity index (χ1v) is 8.47. The van der Waals surface area contributed by atoms with Gasteiger partial charge in [-0.3, -0.25) is 9.78 Å². The molecule has 2 N–H and O–H groups in total. The third kappa shape index (κ3) is 4.60. The van der Waals surface area contributed by atoms with E-state index in [2.05, 4.69) is 15.6 Å². The second-order valence-electron chi connectivity index (χ2n) is 6.09. The zero-order chi connectivity index (χ0) is 18.4. The minimum Gasteiger partial charge on any atom is -0.455 e. The Morgan fingerprint density at radius 1 is 1.00 bits per heavy atom. The number of benzene rings is 2. The minimum atomic E-state index is -0.290. The number of carbonyl (C=O) groups excluding carboxylic acids is 1. The number of aromatic nitrogens is 1. The molecule has 2 aromatic carbocycles. The number of nitrogens with one attached hydrogen (secondary N) is 2. The first kappa shape index (κ1) is 17.5. The molecule has 1 amide bonds. The van der Waals surface area contributed by atoms with E-state index in [1.54, 1.807) is 18.3 Å². The molecule has 132 valence electrons. The van der Waals surface area contributed by atoms with E-state index in [1.165, 1.54) is 0 Å². The van der Waals surface area contributed by atoms with Gasteiger partial charge in [-0.25, -0.2) is 0 Å². The predicted octanol–water partition coefficient (Wildman–Crippen LogP) is 4.95. The topological polar surface area (TPSA) is 63.2 Å². The van der Waals surface area contributed by atoms with Gasteiger partial charge in [-0.15, -0.1) is 0 Å². The maximum absolute atomic E-state index is 12.6. The molecular weight excluding hydrogens is 326 g/mol. The summed E-state index contributed by atoms with van der Waals surface area (Å²) in [4.78, 5) is 16.8. The number of amides is 1. The van der Waals surface area contributed by atoms with Crippen LogP contribution < -0.4 is 15.4 Å². The molecule has 0 bridgehead atoms. The van der Waals surface area contributed by atoms with E-state index in [0.717, 1.165) is 5.69 Å². The normalized spacial score (nSPS) is 10.4. The Morgan fingerprint density at radius 3 is 2.50 bits per heavy atom. The summed E-state index contributed by atoms with van der Waals surface area (Å²) in [5.74, 6) is 0.987. The summed E-state index contributed by atoms with van der Waals surface area (Å²) in [5, 5.41) is 6.14. The molecule has 3 rings (SSSR count). The number of hydrogen-bond acceptors (Lipinski definition) is 4. The van der Waals surface area contributed by atoms with E-state index >= 15 is 0 Å². The van der Waals surface area contributed by atoms with Gasteiger partial charge in [-0.1, -0.05) is 30.3 Å². The lowest BCUT2D eigenvalue weighted by atomic mass is 10.2. The highest BCUT2D eigenvalue weighted by molar-refractivity contribution is 6.04. The van der Waals surface area contributed by atoms with Gasteiger partial charge in [0.2, 0.25) is 0 Å². The number of rotatable bonds is 6. The van der Waals surface area contributed by atoms with Crippen LogP contribution >= 0.6 is 0 Å². The molecule has 0 spiro atoms. The van der Waals surface area contributed by atoms with E-state index in [4.69, 9.17) is 4.74 Å². The van der Waals surface area contributed by atoms with Gasteiger partial charge in [0.25, 0.3) is 5.91 Å². The maximum Gasteiger partial charge on any atom is 0.274 e. The van der Waals surface area contributed by atoms with Crippen molar-refractivity contribution in [3.8, 4) is 11.5 Å². The third-order valence-electron chi connectivity index (χ3n) is 3.55. The van der Waals surface area contributed by atoms with Gasteiger partial charge in [-0.2, -0.15) is 0 Å². The number of hydrogen-bond donors (Lipinski definition) is 2. The fourth-order valence-electron chi connectivity index (χ4n) is 2.44. The third-order valence-corrected chi connectivity index (χ3v) is 3.55. The lowest BCUT2D eigenvalue weighted by Gasteiger charge is -2.13. The van der Waals surface area contributed by atoms with E-state index in [1.807, 2.05) is 68.4 Å². The molecule has 5 heteroatoms. The molecule has 0 saturated heterocycles. The van der Waals surface area contributed by atoms with Crippen molar-refractivity contribution < 1.29 is 9.53 Å². The Labute approximate surface area is 153 Å². The van der Waals surface area contributed by atoms with Crippen molar-refractivity contribution in [2.75, 3.05) is 10.6 Å². The van der Waals surface area contributed by atoms with Crippen molar-refractivity contribution in [2.45, 2.75) is 19.9 Å². The Morgan fingerprint density at radius 2 is 1.73 bits per heavy atom. The molecular formula is C21H21N3O2. The van der Waals surface area contributed by atoms with Crippen molar-refractivity contribution in [3.05, 3.63) is 78.6 Å². The molecule has 0 atom stereocenters. The molecule has 0 radical (unpaired) electrons. The number of pyridine rings is 1. The van der Waals surface area contributed by atoms with Crippen LogP contribution in [0, 0.1) is 0 Å². The number of anilines is 2. The van der Waals surface area contributed by atoms with E-state index in [0.29, 0.717) is 22.9 Å². The molecule has 1 aromatic heterocycles. The zero-order valence-electron chi connectivity index (χ0n) is 14.8. The Hall–Kier alpha value is -3.34. The zero-order valence-corrected chi connectivity index (χ0v) is 14.8. The minimum absolute atomic E-state index is 0.272. The number of nitrogens with zero attached hydrogens (tertiary/aromatic N) is 1. The van der Waals surface area contributed by atoms with Crippen molar-refractivity contribution in [1.29, 1.82) is 0 Å². The summed E-state index contributed by atoms with van der Waals surface area (Å²) in [5.41, 5.74) is 1.78. The monoisotopic (exact) mass is 347 g/mol. The predicted molar refractivity (Wildman–Crippen MR) is 104 cm³/mol. The lowest BCUT2D eigenvalue weighted by Crippen LogP contribution is -2.15.